The molecule has 0 saturated carbocycles. The van der Waals surface area contributed by atoms with E-state index in [1.807, 2.05) is 18.2 Å². The molecular formula is C8H13N3. The Morgan fingerprint density at radius 3 is 3.00 bits per heavy atom. The zero-order chi connectivity index (χ0) is 7.94. The smallest absolute Gasteiger partial charge is 0.0541 e. The second kappa shape index (κ2) is 4.82. The van der Waals surface area contributed by atoms with Crippen molar-refractivity contribution in [2.24, 2.45) is 5.73 Å². The Kier molecular flexibility index (Phi) is 3.58. The Labute approximate surface area is 66.6 Å². The van der Waals surface area contributed by atoms with Gasteiger partial charge in [-0.05, 0) is 12.1 Å². The van der Waals surface area contributed by atoms with Crippen LogP contribution >= 0.6 is 0 Å². The highest BCUT2D eigenvalue weighted by atomic mass is 14.9. The zero-order valence-electron chi connectivity index (χ0n) is 6.46. The normalized spacial score (nSPS) is 9.91. The van der Waals surface area contributed by atoms with Crippen LogP contribution in [0.4, 0.5) is 0 Å². The summed E-state index contributed by atoms with van der Waals surface area (Å²) in [6, 6.07) is 5.88. The van der Waals surface area contributed by atoms with Gasteiger partial charge in [-0.15, -0.1) is 0 Å². The van der Waals surface area contributed by atoms with Crippen molar-refractivity contribution in [2.45, 2.75) is 6.54 Å². The van der Waals surface area contributed by atoms with E-state index in [9.17, 15) is 0 Å². The lowest BCUT2D eigenvalue weighted by Gasteiger charge is -2.00. The molecule has 0 atom stereocenters. The van der Waals surface area contributed by atoms with Gasteiger partial charge in [0, 0.05) is 25.8 Å². The van der Waals surface area contributed by atoms with Gasteiger partial charge >= 0.3 is 0 Å². The highest BCUT2D eigenvalue weighted by molar-refractivity contribution is 5.02. The molecule has 3 nitrogen and oxygen atoms in total. The first kappa shape index (κ1) is 8.17. The summed E-state index contributed by atoms with van der Waals surface area (Å²) < 4.78 is 0. The van der Waals surface area contributed by atoms with Crippen molar-refractivity contribution >= 4 is 0 Å². The molecule has 0 unspecified atom stereocenters. The number of nitrogens with one attached hydrogen (secondary N) is 1. The zero-order valence-corrected chi connectivity index (χ0v) is 6.46. The average Bonchev–Trinajstić information content (AvgIpc) is 2.07. The summed E-state index contributed by atoms with van der Waals surface area (Å²) in [5.41, 5.74) is 6.37. The second-order valence-electron chi connectivity index (χ2n) is 2.29. The van der Waals surface area contributed by atoms with Gasteiger partial charge in [-0.3, -0.25) is 4.98 Å². The summed E-state index contributed by atoms with van der Waals surface area (Å²) in [6.07, 6.45) is 1.79. The van der Waals surface area contributed by atoms with E-state index in [1.165, 1.54) is 0 Å². The van der Waals surface area contributed by atoms with Gasteiger partial charge in [0.15, 0.2) is 0 Å². The van der Waals surface area contributed by atoms with Crippen LogP contribution in [0.1, 0.15) is 5.69 Å². The van der Waals surface area contributed by atoms with Crippen molar-refractivity contribution in [2.75, 3.05) is 13.1 Å². The Bertz CT molecular complexity index is 186. The molecule has 0 radical (unpaired) electrons. The highest BCUT2D eigenvalue weighted by Crippen LogP contribution is 1.90. The van der Waals surface area contributed by atoms with E-state index in [0.717, 1.165) is 18.8 Å². The summed E-state index contributed by atoms with van der Waals surface area (Å²) in [5, 5.41) is 3.16. The molecular weight excluding hydrogens is 138 g/mol. The van der Waals surface area contributed by atoms with Crippen LogP contribution in [-0.2, 0) is 6.54 Å². The lowest BCUT2D eigenvalue weighted by molar-refractivity contribution is 0.682. The number of hydrogen-bond donors (Lipinski definition) is 2. The number of rotatable bonds is 4. The standard InChI is InChI=1S/C8H13N3/c9-4-6-10-7-8-3-1-2-5-11-8/h1-3,5,10H,4,6-7,9H2. The second-order valence-corrected chi connectivity index (χ2v) is 2.29. The van der Waals surface area contributed by atoms with Gasteiger partial charge in [-0.1, -0.05) is 6.07 Å². The quantitative estimate of drug-likeness (QED) is 0.601. The molecule has 0 spiro atoms. The van der Waals surface area contributed by atoms with Gasteiger partial charge in [0.2, 0.25) is 0 Å². The molecule has 1 rings (SSSR count). The van der Waals surface area contributed by atoms with Gasteiger partial charge in [-0.25, -0.2) is 0 Å². The maximum Gasteiger partial charge on any atom is 0.0541 e. The van der Waals surface area contributed by atoms with Crippen LogP contribution < -0.4 is 11.1 Å². The monoisotopic (exact) mass is 151 g/mol. The molecule has 1 aromatic rings. The molecule has 1 aromatic heterocycles. The third-order valence-corrected chi connectivity index (χ3v) is 1.35. The van der Waals surface area contributed by atoms with E-state index in [-0.39, 0.29) is 0 Å². The molecule has 0 aliphatic carbocycles. The lowest BCUT2D eigenvalue weighted by atomic mass is 10.3. The SMILES string of the molecule is NCCNCc1ccccn1. The number of pyridine rings is 1. The van der Waals surface area contributed by atoms with Gasteiger partial charge in [0.1, 0.15) is 0 Å². The maximum atomic E-state index is 5.31. The van der Waals surface area contributed by atoms with E-state index in [0.29, 0.717) is 6.54 Å². The predicted octanol–water partition coefficient (Wildman–Crippen LogP) is 0.130. The van der Waals surface area contributed by atoms with Crippen molar-refractivity contribution in [1.82, 2.24) is 10.3 Å². The first-order valence-corrected chi connectivity index (χ1v) is 3.74. The average molecular weight is 151 g/mol. The summed E-state index contributed by atoms with van der Waals surface area (Å²) in [6.45, 7) is 2.32. The number of nitrogens with zero attached hydrogens (tertiary/aromatic N) is 1. The fourth-order valence-electron chi connectivity index (χ4n) is 0.821. The molecule has 0 aromatic carbocycles. The lowest BCUT2D eigenvalue weighted by Crippen LogP contribution is -2.22. The minimum Gasteiger partial charge on any atom is -0.329 e. The van der Waals surface area contributed by atoms with Crippen LogP contribution in [0.5, 0.6) is 0 Å². The van der Waals surface area contributed by atoms with E-state index in [4.69, 9.17) is 5.73 Å². The third-order valence-electron chi connectivity index (χ3n) is 1.35. The Balaban J connectivity index is 2.28. The molecule has 60 valence electrons. The van der Waals surface area contributed by atoms with Crippen LogP contribution in [0.2, 0.25) is 0 Å². The summed E-state index contributed by atoms with van der Waals surface area (Å²) >= 11 is 0. The van der Waals surface area contributed by atoms with Crippen LogP contribution in [-0.4, -0.2) is 18.1 Å². The molecule has 0 aliphatic heterocycles. The topological polar surface area (TPSA) is 50.9 Å². The third kappa shape index (κ3) is 3.11. The molecule has 0 bridgehead atoms. The van der Waals surface area contributed by atoms with Crippen LogP contribution in [0.15, 0.2) is 24.4 Å². The molecule has 0 amide bonds. The minimum absolute atomic E-state index is 0.673. The van der Waals surface area contributed by atoms with Crippen LogP contribution in [0.25, 0.3) is 0 Å². The van der Waals surface area contributed by atoms with Crippen molar-refractivity contribution < 1.29 is 0 Å². The summed E-state index contributed by atoms with van der Waals surface area (Å²) in [4.78, 5) is 4.15. The Morgan fingerprint density at radius 1 is 1.45 bits per heavy atom. The van der Waals surface area contributed by atoms with E-state index in [2.05, 4.69) is 10.3 Å². The summed E-state index contributed by atoms with van der Waals surface area (Å²) in [5.74, 6) is 0. The highest BCUT2D eigenvalue weighted by Gasteiger charge is 1.89. The molecule has 0 fully saturated rings. The summed E-state index contributed by atoms with van der Waals surface area (Å²) in [7, 11) is 0. The van der Waals surface area contributed by atoms with Gasteiger partial charge in [0.25, 0.3) is 0 Å². The van der Waals surface area contributed by atoms with Crippen LogP contribution in [0.3, 0.4) is 0 Å². The molecule has 0 aliphatic rings. The number of aromatic nitrogens is 1. The molecule has 3 heteroatoms. The van der Waals surface area contributed by atoms with Gasteiger partial charge in [-0.2, -0.15) is 0 Å². The molecule has 11 heavy (non-hydrogen) atoms. The number of nitrogens with two attached hydrogens (primary N) is 1. The number of hydrogen-bond acceptors (Lipinski definition) is 3. The molecule has 3 N–H and O–H groups in total. The van der Waals surface area contributed by atoms with Gasteiger partial charge in [0.05, 0.1) is 5.69 Å². The Morgan fingerprint density at radius 2 is 2.36 bits per heavy atom. The largest absolute Gasteiger partial charge is 0.329 e. The van der Waals surface area contributed by atoms with Crippen molar-refractivity contribution in [3.8, 4) is 0 Å². The minimum atomic E-state index is 0.673. The molecule has 1 heterocycles. The predicted molar refractivity (Wildman–Crippen MR) is 45.0 cm³/mol. The fourth-order valence-corrected chi connectivity index (χ4v) is 0.821. The van der Waals surface area contributed by atoms with E-state index < -0.39 is 0 Å². The fraction of sp³-hybridized carbons (Fsp3) is 0.375. The van der Waals surface area contributed by atoms with E-state index in [1.54, 1.807) is 6.20 Å². The van der Waals surface area contributed by atoms with Crippen molar-refractivity contribution in [3.63, 3.8) is 0 Å². The van der Waals surface area contributed by atoms with E-state index >= 15 is 0 Å². The van der Waals surface area contributed by atoms with Crippen molar-refractivity contribution in [3.05, 3.63) is 30.1 Å². The van der Waals surface area contributed by atoms with Gasteiger partial charge < -0.3 is 11.1 Å². The molecule has 0 saturated heterocycles. The first-order valence-electron chi connectivity index (χ1n) is 3.74. The van der Waals surface area contributed by atoms with Crippen molar-refractivity contribution in [1.29, 1.82) is 0 Å². The first-order chi connectivity index (χ1) is 5.43. The maximum absolute atomic E-state index is 5.31. The Hall–Kier alpha value is -0.930. The van der Waals surface area contributed by atoms with Crippen LogP contribution in [0, 0.1) is 0 Å².